The van der Waals surface area contributed by atoms with Gasteiger partial charge in [0.25, 0.3) is 0 Å². The minimum atomic E-state index is -0.849. The van der Waals surface area contributed by atoms with Gasteiger partial charge in [-0.2, -0.15) is 0 Å². The number of H-pyrrole nitrogens is 1. The number of hydrogen-bond donors (Lipinski definition) is 3. The highest BCUT2D eigenvalue weighted by Crippen LogP contribution is 2.35. The van der Waals surface area contributed by atoms with Crippen molar-refractivity contribution in [2.75, 3.05) is 5.32 Å². The molecule has 0 unspecified atom stereocenters. The molecule has 2 aromatic heterocycles. The van der Waals surface area contributed by atoms with Gasteiger partial charge in [0.05, 0.1) is 21.6 Å². The quantitative estimate of drug-likeness (QED) is 0.677. The molecule has 0 aliphatic heterocycles. The van der Waals surface area contributed by atoms with E-state index in [1.54, 1.807) is 12.3 Å². The van der Waals surface area contributed by atoms with Gasteiger partial charge in [0.15, 0.2) is 0 Å². The molecular weight excluding hydrogens is 323 g/mol. The van der Waals surface area contributed by atoms with Crippen LogP contribution in [0.15, 0.2) is 30.5 Å². The number of nitrogens with two attached hydrogens (primary N) is 1. The van der Waals surface area contributed by atoms with Gasteiger partial charge in [-0.15, -0.1) is 0 Å². The normalized spacial score (nSPS) is 10.7. The Morgan fingerprint density at radius 3 is 2.91 bits per heavy atom. The maximum absolute atomic E-state index is 13.9. The van der Waals surface area contributed by atoms with Crippen LogP contribution in [0.3, 0.4) is 0 Å². The van der Waals surface area contributed by atoms with Crippen LogP contribution in [-0.2, 0) is 0 Å². The third-order valence-corrected chi connectivity index (χ3v) is 3.67. The summed E-state index contributed by atoms with van der Waals surface area (Å²) in [5.41, 5.74) is 6.48. The number of aromatic nitrogens is 2. The second-order valence-electron chi connectivity index (χ2n) is 4.84. The Bertz CT molecular complexity index is 910. The predicted molar refractivity (Wildman–Crippen MR) is 85.5 cm³/mol. The van der Waals surface area contributed by atoms with Crippen molar-refractivity contribution in [3.63, 3.8) is 0 Å². The number of halogens is 2. The average Bonchev–Trinajstić information content (AvgIpc) is 2.78. The van der Waals surface area contributed by atoms with E-state index in [0.29, 0.717) is 10.4 Å². The third kappa shape index (κ3) is 2.91. The Balaban J connectivity index is 1.96. The Morgan fingerprint density at radius 2 is 2.22 bits per heavy atom. The van der Waals surface area contributed by atoms with E-state index >= 15 is 0 Å². The van der Waals surface area contributed by atoms with Crippen LogP contribution in [0.1, 0.15) is 5.69 Å². The lowest BCUT2D eigenvalue weighted by atomic mass is 10.2. The monoisotopic (exact) mass is 334 g/mol. The van der Waals surface area contributed by atoms with Crippen molar-refractivity contribution in [3.05, 3.63) is 47.0 Å². The van der Waals surface area contributed by atoms with Crippen molar-refractivity contribution < 1.29 is 13.9 Å². The molecule has 0 fully saturated rings. The zero-order chi connectivity index (χ0) is 16.6. The molecule has 3 aromatic rings. The Hall–Kier alpha value is -2.80. The molecule has 0 aliphatic carbocycles. The fourth-order valence-corrected chi connectivity index (χ4v) is 2.42. The molecule has 0 saturated carbocycles. The average molecular weight is 335 g/mol. The summed E-state index contributed by atoms with van der Waals surface area (Å²) < 4.78 is 19.5. The largest absolute Gasteiger partial charge is 0.438 e. The van der Waals surface area contributed by atoms with Gasteiger partial charge in [0.1, 0.15) is 11.6 Å². The maximum Gasteiger partial charge on any atom is 0.316 e. The van der Waals surface area contributed by atoms with Gasteiger partial charge in [-0.25, -0.2) is 14.2 Å². The van der Waals surface area contributed by atoms with E-state index in [-0.39, 0.29) is 17.3 Å². The van der Waals surface area contributed by atoms with Crippen LogP contribution in [0, 0.1) is 12.7 Å². The van der Waals surface area contributed by atoms with Gasteiger partial charge < -0.3 is 20.8 Å². The topological polar surface area (TPSA) is 93.0 Å². The fourth-order valence-electron chi connectivity index (χ4n) is 2.19. The molecule has 3 rings (SSSR count). The van der Waals surface area contributed by atoms with Gasteiger partial charge in [0, 0.05) is 18.0 Å². The first-order chi connectivity index (χ1) is 11.0. The molecule has 0 bridgehead atoms. The van der Waals surface area contributed by atoms with Crippen molar-refractivity contribution in [1.29, 1.82) is 0 Å². The molecule has 0 radical (unpaired) electrons. The number of hydrogen-bond acceptors (Lipinski definition) is 3. The molecule has 2 heterocycles. The van der Waals surface area contributed by atoms with E-state index in [4.69, 9.17) is 22.1 Å². The summed E-state index contributed by atoms with van der Waals surface area (Å²) in [5, 5.41) is 3.29. The first-order valence-electron chi connectivity index (χ1n) is 6.62. The van der Waals surface area contributed by atoms with Gasteiger partial charge in [-0.3, -0.25) is 0 Å². The molecule has 1 aromatic carbocycles. The smallest absolute Gasteiger partial charge is 0.316 e. The molecule has 0 aliphatic rings. The van der Waals surface area contributed by atoms with Crippen molar-refractivity contribution in [2.24, 2.45) is 5.73 Å². The van der Waals surface area contributed by atoms with Gasteiger partial charge in [0.2, 0.25) is 5.88 Å². The molecule has 0 atom stereocenters. The van der Waals surface area contributed by atoms with E-state index in [1.165, 1.54) is 12.1 Å². The molecule has 0 spiro atoms. The van der Waals surface area contributed by atoms with Crippen LogP contribution in [0.5, 0.6) is 11.6 Å². The molecule has 2 amide bonds. The SMILES string of the molecule is Cc1[nH]c2ccnc(Oc3ccc(NC(N)=O)c(F)c3)c2c1Cl. The van der Waals surface area contributed by atoms with Crippen LogP contribution in [-0.4, -0.2) is 16.0 Å². The van der Waals surface area contributed by atoms with E-state index in [1.807, 2.05) is 6.92 Å². The molecule has 4 N–H and O–H groups in total. The number of rotatable bonds is 3. The number of anilines is 1. The number of nitrogens with zero attached hydrogens (tertiary/aromatic N) is 1. The summed E-state index contributed by atoms with van der Waals surface area (Å²) >= 11 is 6.24. The van der Waals surface area contributed by atoms with Gasteiger partial charge in [-0.1, -0.05) is 11.6 Å². The van der Waals surface area contributed by atoms with Crippen molar-refractivity contribution in [1.82, 2.24) is 9.97 Å². The van der Waals surface area contributed by atoms with E-state index in [9.17, 15) is 9.18 Å². The second-order valence-corrected chi connectivity index (χ2v) is 5.21. The van der Waals surface area contributed by atoms with Crippen LogP contribution in [0.25, 0.3) is 10.9 Å². The highest BCUT2D eigenvalue weighted by Gasteiger charge is 2.14. The zero-order valence-electron chi connectivity index (χ0n) is 12.0. The standard InChI is InChI=1S/C15H12ClFN4O2/c1-7-13(16)12-11(20-7)4-5-19-14(12)23-8-2-3-10(9(17)6-8)21-15(18)22/h2-6,20H,1H3,(H3,18,21,22). The number of carbonyl (C=O) groups is 1. The molecule has 0 saturated heterocycles. The number of benzene rings is 1. The number of aromatic amines is 1. The van der Waals surface area contributed by atoms with Crippen LogP contribution in [0.2, 0.25) is 5.02 Å². The number of ether oxygens (including phenoxy) is 1. The Morgan fingerprint density at radius 1 is 1.43 bits per heavy atom. The van der Waals surface area contributed by atoms with E-state index < -0.39 is 11.8 Å². The lowest BCUT2D eigenvalue weighted by Gasteiger charge is -2.08. The highest BCUT2D eigenvalue weighted by atomic mass is 35.5. The second kappa shape index (κ2) is 5.77. The lowest BCUT2D eigenvalue weighted by molar-refractivity contribution is 0.259. The molecule has 23 heavy (non-hydrogen) atoms. The number of aryl methyl sites for hydroxylation is 1. The zero-order valence-corrected chi connectivity index (χ0v) is 12.7. The van der Waals surface area contributed by atoms with Gasteiger partial charge >= 0.3 is 6.03 Å². The van der Waals surface area contributed by atoms with Gasteiger partial charge in [-0.05, 0) is 25.1 Å². The van der Waals surface area contributed by atoms with Crippen molar-refractivity contribution in [3.8, 4) is 11.6 Å². The maximum atomic E-state index is 13.9. The fraction of sp³-hybridized carbons (Fsp3) is 0.0667. The van der Waals surface area contributed by atoms with E-state index in [0.717, 1.165) is 17.3 Å². The lowest BCUT2D eigenvalue weighted by Crippen LogP contribution is -2.19. The summed E-state index contributed by atoms with van der Waals surface area (Å²) in [7, 11) is 0. The highest BCUT2D eigenvalue weighted by molar-refractivity contribution is 6.36. The van der Waals surface area contributed by atoms with Crippen LogP contribution >= 0.6 is 11.6 Å². The van der Waals surface area contributed by atoms with Crippen LogP contribution < -0.4 is 15.8 Å². The number of primary amides is 1. The summed E-state index contributed by atoms with van der Waals surface area (Å²) in [6.07, 6.45) is 1.56. The van der Waals surface area contributed by atoms with E-state index in [2.05, 4.69) is 15.3 Å². The molecule has 8 heteroatoms. The number of pyridine rings is 1. The van der Waals surface area contributed by atoms with Crippen molar-refractivity contribution in [2.45, 2.75) is 6.92 Å². The first kappa shape index (κ1) is 15.1. The summed E-state index contributed by atoms with van der Waals surface area (Å²) in [6.45, 7) is 1.83. The Kier molecular flexibility index (Phi) is 3.79. The number of amides is 2. The predicted octanol–water partition coefficient (Wildman–Crippen LogP) is 3.95. The first-order valence-corrected chi connectivity index (χ1v) is 7.00. The number of fused-ring (bicyclic) bond motifs is 1. The molecule has 118 valence electrons. The number of urea groups is 1. The molecule has 6 nitrogen and oxygen atoms in total. The minimum Gasteiger partial charge on any atom is -0.438 e. The summed E-state index contributed by atoms with van der Waals surface area (Å²) in [5.74, 6) is -0.205. The molecular formula is C15H12ClFN4O2. The number of carbonyl (C=O) groups excluding carboxylic acids is 1. The summed E-state index contributed by atoms with van der Waals surface area (Å²) in [6, 6.07) is 4.88. The van der Waals surface area contributed by atoms with Crippen molar-refractivity contribution >= 4 is 34.2 Å². The Labute approximate surface area is 135 Å². The van der Waals surface area contributed by atoms with Crippen LogP contribution in [0.4, 0.5) is 14.9 Å². The summed E-state index contributed by atoms with van der Waals surface area (Å²) in [4.78, 5) is 18.0. The third-order valence-electron chi connectivity index (χ3n) is 3.20. The minimum absolute atomic E-state index is 0.0356. The number of nitrogens with one attached hydrogen (secondary N) is 2.